The first-order chi connectivity index (χ1) is 7.33. The van der Waals surface area contributed by atoms with Crippen LogP contribution < -0.4 is 30.1 Å². The van der Waals surface area contributed by atoms with Gasteiger partial charge in [0, 0.05) is 13.1 Å². The Hall–Kier alpha value is -0.824. The largest absolute Gasteiger partial charge is 0.222 e. The van der Waals surface area contributed by atoms with Crippen LogP contribution >= 0.6 is 0 Å². The molecule has 0 heterocycles. The van der Waals surface area contributed by atoms with Crippen molar-refractivity contribution in [3.63, 3.8) is 0 Å². The molecule has 0 aromatic carbocycles. The van der Waals surface area contributed by atoms with Crippen LogP contribution in [0.15, 0.2) is 8.33 Å². The van der Waals surface area contributed by atoms with Crippen LogP contribution in [0.5, 0.6) is 0 Å². The topological polar surface area (TPSA) is 242 Å². The van der Waals surface area contributed by atoms with Gasteiger partial charge in [-0.05, 0) is 0 Å². The molecular formula is C2H8ClCoN8O4. The fraction of sp³-hybridized carbons (Fsp3) is 1.00. The van der Waals surface area contributed by atoms with Crippen LogP contribution in [-0.2, 0) is 15.1 Å². The van der Waals surface area contributed by atoms with Crippen molar-refractivity contribution in [3.8, 4) is 0 Å². The second kappa shape index (κ2) is 16.6. The van der Waals surface area contributed by atoms with Crippen LogP contribution in [0, 0.1) is 10.2 Å². The van der Waals surface area contributed by atoms with E-state index in [4.69, 9.17) is 41.2 Å². The minimum Gasteiger partial charge on any atom is -0.222 e. The van der Waals surface area contributed by atoms with E-state index in [1.54, 1.807) is 0 Å². The monoisotopic (exact) mass is 302 g/mol. The van der Waals surface area contributed by atoms with E-state index in [1.807, 2.05) is 0 Å². The predicted octanol–water partition coefficient (Wildman–Crippen LogP) is -4.33. The van der Waals surface area contributed by atoms with E-state index in [1.165, 1.54) is 0 Å². The Morgan fingerprint density at radius 3 is 1.38 bits per heavy atom. The van der Waals surface area contributed by atoms with Gasteiger partial charge in [0.1, 0.15) is 0 Å². The van der Waals surface area contributed by atoms with Crippen LogP contribution in [0.1, 0.15) is 0 Å². The smallest absolute Gasteiger partial charge is 0.112 e. The average Bonchev–Trinajstić information content (AvgIpc) is 2.17. The van der Waals surface area contributed by atoms with Gasteiger partial charge >= 0.3 is 44.3 Å². The maximum Gasteiger partial charge on any atom is -0.112 e. The van der Waals surface area contributed by atoms with Gasteiger partial charge in [-0.15, -0.1) is 10.2 Å². The summed E-state index contributed by atoms with van der Waals surface area (Å²) in [6.45, 7) is 1.19. The molecule has 4 N–H and O–H groups in total. The van der Waals surface area contributed by atoms with Crippen LogP contribution in [0.3, 0.4) is 0 Å². The summed E-state index contributed by atoms with van der Waals surface area (Å²) in [6.07, 6.45) is 0. The summed E-state index contributed by atoms with van der Waals surface area (Å²) >= 11 is 0.0851. The first-order valence-corrected chi connectivity index (χ1v) is 5.20. The number of halogens is 1. The molecule has 0 aromatic heterocycles. The van der Waals surface area contributed by atoms with E-state index >= 15 is 0 Å². The number of azide groups is 1. The van der Waals surface area contributed by atoms with Crippen LogP contribution in [-0.4, -0.2) is 13.1 Å². The molecule has 0 aliphatic carbocycles. The Morgan fingerprint density at radius 1 is 1.00 bits per heavy atom. The molecule has 0 radical (unpaired) electrons. The molecule has 16 heavy (non-hydrogen) atoms. The molecule has 0 aliphatic heterocycles. The summed E-state index contributed by atoms with van der Waals surface area (Å²) in [7, 11) is -4.94. The Kier molecular flexibility index (Phi) is 21.3. The molecule has 0 rings (SSSR count). The molecule has 0 saturated heterocycles. The summed E-state index contributed by atoms with van der Waals surface area (Å²) < 4.78 is 39.8. The third-order valence-corrected chi connectivity index (χ3v) is 0.658. The van der Waals surface area contributed by atoms with Crippen molar-refractivity contribution in [2.75, 3.05) is 13.1 Å². The third kappa shape index (κ3) is 112. The standard InChI is InChI=1S/C2H8N2.ClHO4.Co.2N3/c3-1-2-4;2-1(3,4)5;;2*1-3-2/h1-4H2;(H,2,3,4,5);;;/q;;+3;2*-1/p-1. The van der Waals surface area contributed by atoms with Gasteiger partial charge in [0.2, 0.25) is 0 Å². The van der Waals surface area contributed by atoms with Crippen LogP contribution in [0.25, 0.3) is 20.9 Å². The van der Waals surface area contributed by atoms with Gasteiger partial charge in [0.15, 0.2) is 0 Å². The molecule has 0 spiro atoms. The quantitative estimate of drug-likeness (QED) is 0.296. The Balaban J connectivity index is -0.000000166. The van der Waals surface area contributed by atoms with E-state index in [9.17, 15) is 0 Å². The summed E-state index contributed by atoms with van der Waals surface area (Å²) in [6, 6.07) is 0. The summed E-state index contributed by atoms with van der Waals surface area (Å²) in [4.78, 5) is 4.64. The first kappa shape index (κ1) is 20.6. The van der Waals surface area contributed by atoms with Crippen molar-refractivity contribution >= 4 is 0 Å². The normalized spacial score (nSPS) is 8.38. The number of nitrogens with zero attached hydrogens (tertiary/aromatic N) is 6. The van der Waals surface area contributed by atoms with E-state index < -0.39 is 10.2 Å². The van der Waals surface area contributed by atoms with Crippen molar-refractivity contribution in [2.45, 2.75) is 0 Å². The molecule has 0 aliphatic rings. The fourth-order valence-electron chi connectivity index (χ4n) is 0.0400. The number of rotatable bonds is 3. The number of nitrogens with two attached hydrogens (primary N) is 2. The van der Waals surface area contributed by atoms with Gasteiger partial charge in [-0.2, -0.15) is 0 Å². The molecule has 0 atom stereocenters. The van der Waals surface area contributed by atoms with E-state index in [0.717, 1.165) is 0 Å². The third-order valence-electron chi connectivity index (χ3n) is 0.286. The molecule has 0 aromatic rings. The zero-order chi connectivity index (χ0) is 13.4. The van der Waals surface area contributed by atoms with Crippen LogP contribution in [0.2, 0.25) is 0 Å². The molecule has 0 amide bonds. The van der Waals surface area contributed by atoms with Crippen molar-refractivity contribution in [3.05, 3.63) is 20.9 Å². The minimum atomic E-state index is -4.94. The van der Waals surface area contributed by atoms with Gasteiger partial charge in [-0.3, -0.25) is 0 Å². The maximum absolute atomic E-state index is 8.49. The van der Waals surface area contributed by atoms with Gasteiger partial charge in [-0.1, -0.05) is 0 Å². The van der Waals surface area contributed by atoms with Gasteiger partial charge in [0.05, 0.1) is 0 Å². The molecule has 0 unspecified atom stereocenters. The number of hydrogen-bond donors (Lipinski definition) is 2. The molecule has 96 valence electrons. The summed E-state index contributed by atoms with van der Waals surface area (Å²) in [5, 5.41) is 0. The molecule has 12 nitrogen and oxygen atoms in total. The van der Waals surface area contributed by atoms with Crippen molar-refractivity contribution in [1.29, 1.82) is 0 Å². The Morgan fingerprint density at radius 2 is 1.25 bits per heavy atom. The van der Waals surface area contributed by atoms with Crippen molar-refractivity contribution < 1.29 is 44.0 Å². The van der Waals surface area contributed by atoms with E-state index in [2.05, 4.69) is 18.1 Å². The fourth-order valence-corrected chi connectivity index (χ4v) is 0.165. The van der Waals surface area contributed by atoms with Crippen molar-refractivity contribution in [2.24, 2.45) is 19.8 Å². The summed E-state index contributed by atoms with van der Waals surface area (Å²) in [5.41, 5.74) is 24.9. The Bertz CT molecular complexity index is 209. The van der Waals surface area contributed by atoms with Crippen LogP contribution in [0.4, 0.5) is 0 Å². The second-order valence-corrected chi connectivity index (χ2v) is 2.71. The molecule has 14 heteroatoms. The molecule has 0 bridgehead atoms. The van der Waals surface area contributed by atoms with Gasteiger partial charge < -0.3 is 11.5 Å². The van der Waals surface area contributed by atoms with E-state index in [-0.39, 0.29) is 15.1 Å². The molecule has 0 fully saturated rings. The van der Waals surface area contributed by atoms with Gasteiger partial charge in [0.25, 0.3) is 0 Å². The van der Waals surface area contributed by atoms with Crippen molar-refractivity contribution in [1.82, 2.24) is 0 Å². The second-order valence-electron chi connectivity index (χ2n) is 1.33. The molecule has 0 saturated carbocycles. The predicted molar refractivity (Wildman–Crippen MR) is 36.4 cm³/mol. The minimum absolute atomic E-state index is 0.0851. The Labute approximate surface area is 98.2 Å². The van der Waals surface area contributed by atoms with Gasteiger partial charge in [-0.25, -0.2) is 18.6 Å². The maximum atomic E-state index is 8.49. The molecular weight excluding hydrogens is 294 g/mol. The SMILES string of the molecule is NCCN.[N-]=[N+]=[N][Co+][N]=[N+]=[N-].[O-][Cl+3]([O-])([O-])[O-]. The summed E-state index contributed by atoms with van der Waals surface area (Å²) in [5.74, 6) is 0. The first-order valence-electron chi connectivity index (χ1n) is 3.03. The zero-order valence-electron chi connectivity index (χ0n) is 7.60. The van der Waals surface area contributed by atoms with E-state index in [0.29, 0.717) is 13.1 Å². The average molecular weight is 303 g/mol. The number of hydrogen-bond acceptors (Lipinski definition) is 8. The zero-order valence-corrected chi connectivity index (χ0v) is 9.39.